The van der Waals surface area contributed by atoms with Crippen LogP contribution in [0, 0.1) is 6.92 Å². The van der Waals surface area contributed by atoms with Gasteiger partial charge in [0.2, 0.25) is 0 Å². The van der Waals surface area contributed by atoms with E-state index in [4.69, 9.17) is 0 Å². The molecule has 2 heterocycles. The van der Waals surface area contributed by atoms with E-state index in [-0.39, 0.29) is 0 Å². The first-order valence-corrected chi connectivity index (χ1v) is 5.72. The van der Waals surface area contributed by atoms with Crippen LogP contribution in [0.3, 0.4) is 0 Å². The van der Waals surface area contributed by atoms with Crippen molar-refractivity contribution in [2.24, 2.45) is 0 Å². The fourth-order valence-electron chi connectivity index (χ4n) is 1.46. The summed E-state index contributed by atoms with van der Waals surface area (Å²) in [6.45, 7) is 1.82. The number of nitrogens with zero attached hydrogens (tertiary/aromatic N) is 3. The monoisotopic (exact) mass is 283 g/mol. The molecule has 3 nitrogen and oxygen atoms in total. The van der Waals surface area contributed by atoms with Gasteiger partial charge < -0.3 is 4.57 Å². The average Bonchev–Trinajstić information content (AvgIpc) is 2.61. The summed E-state index contributed by atoms with van der Waals surface area (Å²) in [5.74, 6) is 0. The van der Waals surface area contributed by atoms with E-state index in [1.54, 1.807) is 10.9 Å². The molecule has 16 heavy (non-hydrogen) atoms. The molecule has 0 aliphatic heterocycles. The lowest BCUT2D eigenvalue weighted by atomic mass is 10.2. The first-order valence-electron chi connectivity index (χ1n) is 4.93. The number of aromatic nitrogens is 3. The second-order valence-corrected chi connectivity index (χ2v) is 4.18. The smallest absolute Gasteiger partial charge is 0.121 e. The molecule has 0 N–H and O–H groups in total. The Labute approximate surface area is 101 Å². The first-order chi connectivity index (χ1) is 7.72. The highest BCUT2D eigenvalue weighted by molar-refractivity contribution is 9.10. The summed E-state index contributed by atoms with van der Waals surface area (Å²) in [6, 6.07) is 5.74. The quantitative estimate of drug-likeness (QED) is 0.867. The topological polar surface area (TPSA) is 30.7 Å². The minimum absolute atomic E-state index is 0.305. The van der Waals surface area contributed by atoms with Gasteiger partial charge in [0.15, 0.2) is 0 Å². The molecule has 0 atom stereocenters. The zero-order chi connectivity index (χ0) is 11.5. The minimum Gasteiger partial charge on any atom is -0.322 e. The zero-order valence-corrected chi connectivity index (χ0v) is 10.4. The molecule has 5 heteroatoms. The summed E-state index contributed by atoms with van der Waals surface area (Å²) in [6.07, 6.45) is 1.61. The Balaban J connectivity index is 2.41. The van der Waals surface area contributed by atoms with Crippen molar-refractivity contribution in [3.8, 4) is 11.4 Å². The van der Waals surface area contributed by atoms with E-state index in [0.717, 1.165) is 21.7 Å². The van der Waals surface area contributed by atoms with Gasteiger partial charge in [0, 0.05) is 5.69 Å². The molecule has 0 saturated carbocycles. The molecular weight excluding hydrogens is 273 g/mol. The van der Waals surface area contributed by atoms with Crippen molar-refractivity contribution in [2.45, 2.75) is 13.5 Å². The lowest BCUT2D eigenvalue weighted by Gasteiger charge is -2.01. The van der Waals surface area contributed by atoms with Crippen LogP contribution in [-0.4, -0.2) is 21.2 Å². The number of hydrogen-bond acceptors (Lipinski definition) is 2. The molecule has 0 saturated heterocycles. The molecule has 84 valence electrons. The first kappa shape index (κ1) is 11.3. The van der Waals surface area contributed by atoms with Crippen LogP contribution in [0.15, 0.2) is 29.1 Å². The molecule has 0 aromatic carbocycles. The van der Waals surface area contributed by atoms with Gasteiger partial charge in [0.1, 0.15) is 17.0 Å². The maximum atomic E-state index is 12.2. The van der Waals surface area contributed by atoms with Gasteiger partial charge >= 0.3 is 0 Å². The highest BCUT2D eigenvalue weighted by Crippen LogP contribution is 2.25. The highest BCUT2D eigenvalue weighted by Gasteiger charge is 2.11. The van der Waals surface area contributed by atoms with Gasteiger partial charge in [-0.25, -0.2) is 9.37 Å². The number of rotatable bonds is 3. The predicted molar refractivity (Wildman–Crippen MR) is 63.9 cm³/mol. The molecule has 0 radical (unpaired) electrons. The molecule has 0 spiro atoms. The molecule has 0 amide bonds. The minimum atomic E-state index is -0.407. The Kier molecular flexibility index (Phi) is 3.33. The lowest BCUT2D eigenvalue weighted by molar-refractivity contribution is 0.443. The normalized spacial score (nSPS) is 10.7. The molecule has 2 rings (SSSR count). The maximum absolute atomic E-state index is 12.2. The Morgan fingerprint density at radius 3 is 2.94 bits per heavy atom. The van der Waals surface area contributed by atoms with Crippen LogP contribution >= 0.6 is 15.9 Å². The Morgan fingerprint density at radius 2 is 2.25 bits per heavy atom. The predicted octanol–water partition coefficient (Wildman–Crippen LogP) is 2.99. The van der Waals surface area contributed by atoms with Crippen molar-refractivity contribution < 1.29 is 4.39 Å². The average molecular weight is 284 g/mol. The number of imidazole rings is 1. The van der Waals surface area contributed by atoms with Gasteiger partial charge in [0.25, 0.3) is 0 Å². The molecule has 0 aliphatic carbocycles. The SMILES string of the molecule is Cc1cccc(-c2ncn(CCF)c2Br)n1. The fraction of sp³-hybridized carbons (Fsp3) is 0.273. The van der Waals surface area contributed by atoms with E-state index >= 15 is 0 Å². The van der Waals surface area contributed by atoms with Crippen molar-refractivity contribution in [1.29, 1.82) is 0 Å². The maximum Gasteiger partial charge on any atom is 0.121 e. The lowest BCUT2D eigenvalue weighted by Crippen LogP contribution is -1.97. The van der Waals surface area contributed by atoms with E-state index in [1.165, 1.54) is 0 Å². The molecule has 2 aromatic rings. The third kappa shape index (κ3) is 2.14. The number of hydrogen-bond donors (Lipinski definition) is 0. The molecule has 0 aliphatic rings. The summed E-state index contributed by atoms with van der Waals surface area (Å²) in [5.41, 5.74) is 2.48. The van der Waals surface area contributed by atoms with Gasteiger partial charge in [-0.3, -0.25) is 4.98 Å². The van der Waals surface area contributed by atoms with Gasteiger partial charge in [-0.05, 0) is 35.0 Å². The number of aryl methyl sites for hydroxylation is 2. The second-order valence-electron chi connectivity index (χ2n) is 3.43. The molecule has 0 unspecified atom stereocenters. The van der Waals surface area contributed by atoms with Gasteiger partial charge in [-0.2, -0.15) is 0 Å². The Hall–Kier alpha value is -1.23. The van der Waals surface area contributed by atoms with Gasteiger partial charge in [0.05, 0.1) is 18.6 Å². The summed E-state index contributed by atoms with van der Waals surface area (Å²) in [5, 5.41) is 0. The van der Waals surface area contributed by atoms with Crippen LogP contribution in [0.1, 0.15) is 5.69 Å². The largest absolute Gasteiger partial charge is 0.322 e. The van der Waals surface area contributed by atoms with Crippen LogP contribution < -0.4 is 0 Å². The van der Waals surface area contributed by atoms with Crippen molar-refractivity contribution in [2.75, 3.05) is 6.67 Å². The number of alkyl halides is 1. The summed E-state index contributed by atoms with van der Waals surface area (Å²) < 4.78 is 14.7. The zero-order valence-electron chi connectivity index (χ0n) is 8.82. The van der Waals surface area contributed by atoms with Crippen LogP contribution in [-0.2, 0) is 6.54 Å². The molecule has 2 aromatic heterocycles. The van der Waals surface area contributed by atoms with Crippen LogP contribution in [0.2, 0.25) is 0 Å². The van der Waals surface area contributed by atoms with E-state index in [2.05, 4.69) is 25.9 Å². The number of halogens is 2. The van der Waals surface area contributed by atoms with Crippen molar-refractivity contribution in [3.63, 3.8) is 0 Å². The Bertz CT molecular complexity index is 496. The molecule has 0 fully saturated rings. The van der Waals surface area contributed by atoms with E-state index in [9.17, 15) is 4.39 Å². The molecule has 0 bridgehead atoms. The van der Waals surface area contributed by atoms with Gasteiger partial charge in [-0.1, -0.05) is 6.07 Å². The second kappa shape index (κ2) is 4.74. The third-order valence-electron chi connectivity index (χ3n) is 2.23. The van der Waals surface area contributed by atoms with E-state index < -0.39 is 6.67 Å². The summed E-state index contributed by atoms with van der Waals surface area (Å²) in [7, 11) is 0. The molecular formula is C11H11BrFN3. The van der Waals surface area contributed by atoms with Crippen LogP contribution in [0.25, 0.3) is 11.4 Å². The standard InChI is InChI=1S/C11H11BrFN3/c1-8-3-2-4-9(15-8)10-11(12)16(6-5-13)7-14-10/h2-4,7H,5-6H2,1H3. The van der Waals surface area contributed by atoms with E-state index in [1.807, 2.05) is 25.1 Å². The fourth-order valence-corrected chi connectivity index (χ4v) is 2.04. The van der Waals surface area contributed by atoms with Crippen molar-refractivity contribution in [3.05, 3.63) is 34.8 Å². The number of pyridine rings is 1. The van der Waals surface area contributed by atoms with Crippen LogP contribution in [0.5, 0.6) is 0 Å². The third-order valence-corrected chi connectivity index (χ3v) is 3.06. The Morgan fingerprint density at radius 1 is 1.44 bits per heavy atom. The highest BCUT2D eigenvalue weighted by atomic mass is 79.9. The van der Waals surface area contributed by atoms with Gasteiger partial charge in [-0.15, -0.1) is 0 Å². The van der Waals surface area contributed by atoms with Crippen molar-refractivity contribution >= 4 is 15.9 Å². The summed E-state index contributed by atoms with van der Waals surface area (Å²) >= 11 is 3.41. The van der Waals surface area contributed by atoms with Crippen LogP contribution in [0.4, 0.5) is 4.39 Å². The summed E-state index contributed by atoms with van der Waals surface area (Å²) in [4.78, 5) is 8.61. The van der Waals surface area contributed by atoms with E-state index in [0.29, 0.717) is 6.54 Å². The van der Waals surface area contributed by atoms with Crippen molar-refractivity contribution in [1.82, 2.24) is 14.5 Å².